The monoisotopic (exact) mass is 416 g/mol. The van der Waals surface area contributed by atoms with Crippen molar-refractivity contribution in [1.29, 1.82) is 0 Å². The molecule has 0 atom stereocenters. The number of amides is 1. The maximum Gasteiger partial charge on any atom is 0.248 e. The summed E-state index contributed by atoms with van der Waals surface area (Å²) in [4.78, 5) is 16.7. The van der Waals surface area contributed by atoms with Crippen LogP contribution < -0.4 is 14.8 Å². The van der Waals surface area contributed by atoms with Crippen molar-refractivity contribution in [2.24, 2.45) is 0 Å². The molecule has 126 valence electrons. The van der Waals surface area contributed by atoms with Gasteiger partial charge in [-0.15, -0.1) is 11.3 Å². The standard InChI is InChI=1S/C18H13BrN2O3S/c19-11-9-14-15(24-8-7-23-14)10-13(11)20-17(22)5-6-18-21-12-3-1-2-4-16(12)25-18/h1-6,9-10H,7-8H2,(H,20,22). The van der Waals surface area contributed by atoms with Crippen LogP contribution in [0.2, 0.25) is 0 Å². The molecule has 1 aliphatic heterocycles. The molecule has 0 radical (unpaired) electrons. The summed E-state index contributed by atoms with van der Waals surface area (Å²) in [6.07, 6.45) is 3.19. The second kappa shape index (κ2) is 6.85. The van der Waals surface area contributed by atoms with Gasteiger partial charge in [-0.2, -0.15) is 0 Å². The van der Waals surface area contributed by atoms with Crippen molar-refractivity contribution in [3.05, 3.63) is 52.0 Å². The highest BCUT2D eigenvalue weighted by atomic mass is 79.9. The Labute approximate surface area is 156 Å². The molecule has 3 aromatic rings. The third kappa shape index (κ3) is 3.52. The molecule has 25 heavy (non-hydrogen) atoms. The summed E-state index contributed by atoms with van der Waals surface area (Å²) in [5.41, 5.74) is 1.56. The summed E-state index contributed by atoms with van der Waals surface area (Å²) in [6.45, 7) is 1.02. The number of nitrogens with one attached hydrogen (secondary N) is 1. The number of aromatic nitrogens is 1. The Bertz CT molecular complexity index is 951. The zero-order valence-electron chi connectivity index (χ0n) is 13.0. The van der Waals surface area contributed by atoms with Crippen LogP contribution in [-0.4, -0.2) is 24.1 Å². The van der Waals surface area contributed by atoms with E-state index >= 15 is 0 Å². The number of fused-ring (bicyclic) bond motifs is 2. The number of carbonyl (C=O) groups excluding carboxylic acids is 1. The number of hydrogen-bond donors (Lipinski definition) is 1. The molecule has 1 amide bonds. The van der Waals surface area contributed by atoms with Crippen LogP contribution in [0.15, 0.2) is 46.9 Å². The first-order chi connectivity index (χ1) is 12.2. The Balaban J connectivity index is 1.50. The number of halogens is 1. The van der Waals surface area contributed by atoms with E-state index in [-0.39, 0.29) is 5.91 Å². The Morgan fingerprint density at radius 1 is 1.20 bits per heavy atom. The van der Waals surface area contributed by atoms with Crippen molar-refractivity contribution in [2.75, 3.05) is 18.5 Å². The van der Waals surface area contributed by atoms with Crippen molar-refractivity contribution in [1.82, 2.24) is 4.98 Å². The van der Waals surface area contributed by atoms with Crippen LogP contribution in [0.3, 0.4) is 0 Å². The van der Waals surface area contributed by atoms with Crippen LogP contribution in [-0.2, 0) is 4.79 Å². The second-order valence-corrected chi connectivity index (χ2v) is 7.23. The number of benzene rings is 2. The van der Waals surface area contributed by atoms with Crippen molar-refractivity contribution in [2.45, 2.75) is 0 Å². The van der Waals surface area contributed by atoms with Gasteiger partial charge >= 0.3 is 0 Å². The molecule has 0 aliphatic carbocycles. The molecule has 1 aromatic heterocycles. The van der Waals surface area contributed by atoms with Gasteiger partial charge in [-0.05, 0) is 34.1 Å². The van der Waals surface area contributed by atoms with Crippen molar-refractivity contribution < 1.29 is 14.3 Å². The summed E-state index contributed by atoms with van der Waals surface area (Å²) in [5.74, 6) is 1.05. The Morgan fingerprint density at radius 2 is 1.96 bits per heavy atom. The lowest BCUT2D eigenvalue weighted by Crippen LogP contribution is -2.16. The average molecular weight is 417 g/mol. The van der Waals surface area contributed by atoms with E-state index in [1.165, 1.54) is 6.08 Å². The minimum atomic E-state index is -0.239. The number of nitrogens with zero attached hydrogens (tertiary/aromatic N) is 1. The minimum Gasteiger partial charge on any atom is -0.486 e. The lowest BCUT2D eigenvalue weighted by atomic mass is 10.2. The van der Waals surface area contributed by atoms with E-state index in [0.29, 0.717) is 30.4 Å². The highest BCUT2D eigenvalue weighted by Gasteiger charge is 2.15. The lowest BCUT2D eigenvalue weighted by Gasteiger charge is -2.19. The molecule has 0 bridgehead atoms. The molecule has 7 heteroatoms. The van der Waals surface area contributed by atoms with Gasteiger partial charge in [-0.1, -0.05) is 12.1 Å². The molecule has 0 unspecified atom stereocenters. The molecule has 2 aromatic carbocycles. The number of ether oxygens (including phenoxy) is 2. The van der Waals surface area contributed by atoms with Gasteiger partial charge < -0.3 is 14.8 Å². The molecule has 0 spiro atoms. The first-order valence-corrected chi connectivity index (χ1v) is 9.24. The smallest absolute Gasteiger partial charge is 0.248 e. The molecule has 0 fully saturated rings. The fourth-order valence-corrected chi connectivity index (χ4v) is 3.73. The van der Waals surface area contributed by atoms with Gasteiger partial charge in [0.25, 0.3) is 0 Å². The fourth-order valence-electron chi connectivity index (χ4n) is 2.44. The SMILES string of the molecule is O=C(C=Cc1nc2ccccc2s1)Nc1cc2c(cc1Br)OCCO2. The number of para-hydroxylation sites is 1. The predicted octanol–water partition coefficient (Wildman–Crippen LogP) is 4.48. The van der Waals surface area contributed by atoms with Crippen LogP contribution in [0, 0.1) is 0 Å². The Morgan fingerprint density at radius 3 is 2.76 bits per heavy atom. The molecule has 5 nitrogen and oxygen atoms in total. The first kappa shape index (κ1) is 16.1. The Kier molecular flexibility index (Phi) is 4.42. The van der Waals surface area contributed by atoms with Crippen LogP contribution in [0.25, 0.3) is 16.3 Å². The summed E-state index contributed by atoms with van der Waals surface area (Å²) < 4.78 is 12.9. The molecule has 0 saturated carbocycles. The largest absolute Gasteiger partial charge is 0.486 e. The predicted molar refractivity (Wildman–Crippen MR) is 102 cm³/mol. The quantitative estimate of drug-likeness (QED) is 0.639. The van der Waals surface area contributed by atoms with Gasteiger partial charge in [-0.25, -0.2) is 4.98 Å². The number of anilines is 1. The molecule has 0 saturated heterocycles. The molecule has 4 rings (SSSR count). The highest BCUT2D eigenvalue weighted by molar-refractivity contribution is 9.10. The van der Waals surface area contributed by atoms with E-state index in [1.54, 1.807) is 29.5 Å². The number of carbonyl (C=O) groups is 1. The van der Waals surface area contributed by atoms with E-state index < -0.39 is 0 Å². The Hall–Kier alpha value is -2.38. The van der Waals surface area contributed by atoms with E-state index in [1.807, 2.05) is 24.3 Å². The molecular formula is C18H13BrN2O3S. The minimum absolute atomic E-state index is 0.239. The van der Waals surface area contributed by atoms with Crippen molar-refractivity contribution >= 4 is 55.2 Å². The highest BCUT2D eigenvalue weighted by Crippen LogP contribution is 2.38. The van der Waals surface area contributed by atoms with E-state index in [0.717, 1.165) is 19.7 Å². The van der Waals surface area contributed by atoms with Gasteiger partial charge in [-0.3, -0.25) is 4.79 Å². The van der Waals surface area contributed by atoms with Gasteiger partial charge in [0.2, 0.25) is 5.91 Å². The van der Waals surface area contributed by atoms with Crippen LogP contribution in [0.5, 0.6) is 11.5 Å². The van der Waals surface area contributed by atoms with Crippen molar-refractivity contribution in [3.63, 3.8) is 0 Å². The topological polar surface area (TPSA) is 60.5 Å². The first-order valence-electron chi connectivity index (χ1n) is 7.63. The van der Waals surface area contributed by atoms with Gasteiger partial charge in [0.1, 0.15) is 18.2 Å². The van der Waals surface area contributed by atoms with Crippen molar-refractivity contribution in [3.8, 4) is 11.5 Å². The number of rotatable bonds is 3. The third-order valence-electron chi connectivity index (χ3n) is 3.58. The summed E-state index contributed by atoms with van der Waals surface area (Å²) in [7, 11) is 0. The summed E-state index contributed by atoms with van der Waals surface area (Å²) in [5, 5.41) is 3.62. The van der Waals surface area contributed by atoms with Crippen LogP contribution >= 0.6 is 27.3 Å². The summed E-state index contributed by atoms with van der Waals surface area (Å²) in [6, 6.07) is 11.4. The fraction of sp³-hybridized carbons (Fsp3) is 0.111. The second-order valence-electron chi connectivity index (χ2n) is 5.32. The van der Waals surface area contributed by atoms with Gasteiger partial charge in [0.15, 0.2) is 11.5 Å². The number of hydrogen-bond acceptors (Lipinski definition) is 5. The zero-order valence-corrected chi connectivity index (χ0v) is 15.4. The third-order valence-corrected chi connectivity index (χ3v) is 5.24. The zero-order chi connectivity index (χ0) is 17.2. The van der Waals surface area contributed by atoms with Gasteiger partial charge in [0.05, 0.1) is 15.9 Å². The van der Waals surface area contributed by atoms with E-state index in [9.17, 15) is 4.79 Å². The lowest BCUT2D eigenvalue weighted by molar-refractivity contribution is -0.111. The molecule has 1 N–H and O–H groups in total. The maximum atomic E-state index is 12.2. The molecular weight excluding hydrogens is 404 g/mol. The average Bonchev–Trinajstić information content (AvgIpc) is 3.03. The maximum absolute atomic E-state index is 12.2. The number of thiazole rings is 1. The molecule has 1 aliphatic rings. The van der Waals surface area contributed by atoms with E-state index in [2.05, 4.69) is 26.2 Å². The van der Waals surface area contributed by atoms with Gasteiger partial charge in [0, 0.05) is 22.7 Å². The van der Waals surface area contributed by atoms with Crippen LogP contribution in [0.1, 0.15) is 5.01 Å². The van der Waals surface area contributed by atoms with Crippen LogP contribution in [0.4, 0.5) is 5.69 Å². The normalized spacial score (nSPS) is 13.3. The molecule has 2 heterocycles. The summed E-state index contributed by atoms with van der Waals surface area (Å²) >= 11 is 4.98. The van der Waals surface area contributed by atoms with E-state index in [4.69, 9.17) is 9.47 Å².